The first-order valence-corrected chi connectivity index (χ1v) is 6.74. The predicted octanol–water partition coefficient (Wildman–Crippen LogP) is 2.79. The van der Waals surface area contributed by atoms with Crippen LogP contribution in [0.25, 0.3) is 6.08 Å². The van der Waals surface area contributed by atoms with Crippen molar-refractivity contribution in [2.24, 2.45) is 0 Å². The minimum Gasteiger partial charge on any atom is -0.478 e. The quantitative estimate of drug-likeness (QED) is 0.554. The Kier molecular flexibility index (Phi) is 7.32. The molecule has 0 atom stereocenters. The van der Waals surface area contributed by atoms with E-state index < -0.39 is 5.97 Å². The summed E-state index contributed by atoms with van der Waals surface area (Å²) in [5, 5.41) is 10.4. The average molecular weight is 270 g/mol. The van der Waals surface area contributed by atoms with Gasteiger partial charge < -0.3 is 14.6 Å². The van der Waals surface area contributed by atoms with Crippen LogP contribution in [0, 0.1) is 0 Å². The van der Waals surface area contributed by atoms with Crippen LogP contribution >= 0.6 is 11.3 Å². The van der Waals surface area contributed by atoms with E-state index in [9.17, 15) is 4.79 Å². The van der Waals surface area contributed by atoms with E-state index in [2.05, 4.69) is 6.92 Å². The van der Waals surface area contributed by atoms with Crippen molar-refractivity contribution < 1.29 is 19.4 Å². The van der Waals surface area contributed by atoms with E-state index in [-0.39, 0.29) is 0 Å². The number of hydrogen-bond donors (Lipinski definition) is 1. The zero-order valence-electron chi connectivity index (χ0n) is 10.4. The van der Waals surface area contributed by atoms with Crippen molar-refractivity contribution in [3.8, 4) is 0 Å². The molecule has 18 heavy (non-hydrogen) atoms. The van der Waals surface area contributed by atoms with Gasteiger partial charge in [-0.3, -0.25) is 0 Å². The third-order valence-electron chi connectivity index (χ3n) is 2.06. The molecule has 0 saturated carbocycles. The first kappa shape index (κ1) is 14.9. The third-order valence-corrected chi connectivity index (χ3v) is 2.99. The maximum atomic E-state index is 10.4. The molecule has 0 aliphatic heterocycles. The van der Waals surface area contributed by atoms with Gasteiger partial charge in [0, 0.05) is 17.6 Å². The average Bonchev–Trinajstić information content (AvgIpc) is 2.79. The van der Waals surface area contributed by atoms with E-state index in [0.29, 0.717) is 19.8 Å². The monoisotopic (exact) mass is 270 g/mol. The molecule has 0 fully saturated rings. The molecule has 0 radical (unpaired) electrons. The molecule has 4 nitrogen and oxygen atoms in total. The molecule has 0 aromatic carbocycles. The van der Waals surface area contributed by atoms with Crippen molar-refractivity contribution in [3.63, 3.8) is 0 Å². The summed E-state index contributed by atoms with van der Waals surface area (Å²) in [7, 11) is 0. The zero-order chi connectivity index (χ0) is 13.2. The van der Waals surface area contributed by atoms with Crippen molar-refractivity contribution in [1.82, 2.24) is 0 Å². The highest BCUT2D eigenvalue weighted by molar-refractivity contribution is 7.10. The molecular weight excluding hydrogens is 252 g/mol. The van der Waals surface area contributed by atoms with Gasteiger partial charge in [0.2, 0.25) is 0 Å². The SMILES string of the molecule is CCCOCCOCc1cc(C=CC(=O)O)cs1. The fourth-order valence-electron chi connectivity index (χ4n) is 1.27. The molecule has 1 aromatic heterocycles. The molecule has 100 valence electrons. The van der Waals surface area contributed by atoms with Crippen molar-refractivity contribution in [2.45, 2.75) is 20.0 Å². The second-order valence-electron chi connectivity index (χ2n) is 3.68. The number of carbonyl (C=O) groups is 1. The number of thiophene rings is 1. The maximum Gasteiger partial charge on any atom is 0.328 e. The van der Waals surface area contributed by atoms with Crippen LogP contribution in [0.4, 0.5) is 0 Å². The van der Waals surface area contributed by atoms with E-state index in [1.807, 2.05) is 11.4 Å². The Labute approximate surface area is 111 Å². The summed E-state index contributed by atoms with van der Waals surface area (Å²) >= 11 is 1.56. The number of ether oxygens (including phenoxy) is 2. The van der Waals surface area contributed by atoms with Crippen molar-refractivity contribution in [3.05, 3.63) is 28.0 Å². The Balaban J connectivity index is 2.21. The molecular formula is C13H18O4S. The van der Waals surface area contributed by atoms with Crippen molar-refractivity contribution >= 4 is 23.4 Å². The largest absolute Gasteiger partial charge is 0.478 e. The Morgan fingerprint density at radius 1 is 1.39 bits per heavy atom. The summed E-state index contributed by atoms with van der Waals surface area (Å²) in [4.78, 5) is 11.4. The number of hydrogen-bond acceptors (Lipinski definition) is 4. The third kappa shape index (κ3) is 6.54. The van der Waals surface area contributed by atoms with Gasteiger partial charge in [0.1, 0.15) is 0 Å². The van der Waals surface area contributed by atoms with Gasteiger partial charge in [-0.25, -0.2) is 4.79 Å². The lowest BCUT2D eigenvalue weighted by molar-refractivity contribution is -0.131. The smallest absolute Gasteiger partial charge is 0.328 e. The lowest BCUT2D eigenvalue weighted by Gasteiger charge is -2.03. The van der Waals surface area contributed by atoms with Gasteiger partial charge in [-0.2, -0.15) is 0 Å². The van der Waals surface area contributed by atoms with Crippen LogP contribution in [0.5, 0.6) is 0 Å². The van der Waals surface area contributed by atoms with Crippen LogP contribution in [0.1, 0.15) is 23.8 Å². The first-order chi connectivity index (χ1) is 8.72. The van der Waals surface area contributed by atoms with E-state index >= 15 is 0 Å². The molecule has 1 aromatic rings. The van der Waals surface area contributed by atoms with Crippen LogP contribution < -0.4 is 0 Å². The topological polar surface area (TPSA) is 55.8 Å². The lowest BCUT2D eigenvalue weighted by Crippen LogP contribution is -2.04. The molecule has 0 spiro atoms. The van der Waals surface area contributed by atoms with Gasteiger partial charge in [-0.15, -0.1) is 11.3 Å². The van der Waals surface area contributed by atoms with Gasteiger partial charge in [-0.05, 0) is 29.5 Å². The molecule has 0 aliphatic carbocycles. The Bertz CT molecular complexity index is 384. The van der Waals surface area contributed by atoms with E-state index in [0.717, 1.165) is 29.5 Å². The van der Waals surface area contributed by atoms with Gasteiger partial charge in [0.05, 0.1) is 19.8 Å². The van der Waals surface area contributed by atoms with E-state index in [1.165, 1.54) is 0 Å². The molecule has 0 unspecified atom stereocenters. The minimum atomic E-state index is -0.938. The molecule has 0 bridgehead atoms. The minimum absolute atomic E-state index is 0.543. The highest BCUT2D eigenvalue weighted by Crippen LogP contribution is 2.16. The fraction of sp³-hybridized carbons (Fsp3) is 0.462. The second-order valence-corrected chi connectivity index (χ2v) is 4.68. The Morgan fingerprint density at radius 2 is 2.17 bits per heavy atom. The highest BCUT2D eigenvalue weighted by Gasteiger charge is 1.98. The molecule has 0 aliphatic rings. The second kappa shape index (κ2) is 8.85. The summed E-state index contributed by atoms with van der Waals surface area (Å²) in [5.41, 5.74) is 0.892. The predicted molar refractivity (Wildman–Crippen MR) is 71.8 cm³/mol. The number of aliphatic carboxylic acids is 1. The first-order valence-electron chi connectivity index (χ1n) is 5.86. The van der Waals surface area contributed by atoms with Crippen LogP contribution in [-0.4, -0.2) is 30.9 Å². The summed E-state index contributed by atoms with van der Waals surface area (Å²) in [5.74, 6) is -0.938. The van der Waals surface area contributed by atoms with E-state index in [1.54, 1.807) is 17.4 Å². The maximum absolute atomic E-state index is 10.4. The summed E-state index contributed by atoms with van der Waals surface area (Å²) in [6.07, 6.45) is 3.72. The van der Waals surface area contributed by atoms with Crippen LogP contribution in [0.3, 0.4) is 0 Å². The van der Waals surface area contributed by atoms with Crippen LogP contribution in [0.2, 0.25) is 0 Å². The summed E-state index contributed by atoms with van der Waals surface area (Å²) in [6.45, 7) is 4.58. The van der Waals surface area contributed by atoms with Crippen molar-refractivity contribution in [1.29, 1.82) is 0 Å². The van der Waals surface area contributed by atoms with Gasteiger partial charge in [-0.1, -0.05) is 6.92 Å². The Hall–Kier alpha value is -1.17. The fourth-order valence-corrected chi connectivity index (χ4v) is 2.05. The highest BCUT2D eigenvalue weighted by atomic mass is 32.1. The van der Waals surface area contributed by atoms with Gasteiger partial charge >= 0.3 is 5.97 Å². The van der Waals surface area contributed by atoms with Crippen LogP contribution in [-0.2, 0) is 20.9 Å². The molecule has 1 heterocycles. The van der Waals surface area contributed by atoms with Gasteiger partial charge in [0.15, 0.2) is 0 Å². The van der Waals surface area contributed by atoms with Crippen molar-refractivity contribution in [2.75, 3.05) is 19.8 Å². The van der Waals surface area contributed by atoms with Gasteiger partial charge in [0.25, 0.3) is 0 Å². The number of carboxylic acid groups (broad SMARTS) is 1. The molecule has 1 N–H and O–H groups in total. The zero-order valence-corrected chi connectivity index (χ0v) is 11.2. The summed E-state index contributed by atoms with van der Waals surface area (Å²) < 4.78 is 10.7. The summed E-state index contributed by atoms with van der Waals surface area (Å²) in [6, 6.07) is 1.93. The Morgan fingerprint density at radius 3 is 2.89 bits per heavy atom. The standard InChI is InChI=1S/C13H18O4S/c1-2-5-16-6-7-17-9-12-8-11(10-18-12)3-4-13(14)15/h3-4,8,10H,2,5-7,9H2,1H3,(H,14,15). The van der Waals surface area contributed by atoms with Crippen LogP contribution in [0.15, 0.2) is 17.5 Å². The lowest BCUT2D eigenvalue weighted by atomic mass is 10.3. The molecule has 0 saturated heterocycles. The number of carboxylic acids is 1. The normalized spacial score (nSPS) is 11.2. The molecule has 0 amide bonds. The molecule has 5 heteroatoms. The molecule has 1 rings (SSSR count). The number of rotatable bonds is 9. The van der Waals surface area contributed by atoms with E-state index in [4.69, 9.17) is 14.6 Å².